The summed E-state index contributed by atoms with van der Waals surface area (Å²) >= 11 is 1.47. The largest absolute Gasteiger partial charge is 0.462 e. The molecule has 2 heterocycles. The molecule has 29 heavy (non-hydrogen) atoms. The lowest BCUT2D eigenvalue weighted by molar-refractivity contribution is 0.0367. The fraction of sp³-hybridized carbons (Fsp3) is 0.182. The van der Waals surface area contributed by atoms with Gasteiger partial charge in [-0.3, -0.25) is 0 Å². The molecule has 0 saturated heterocycles. The van der Waals surface area contributed by atoms with Crippen molar-refractivity contribution in [1.29, 1.82) is 0 Å². The summed E-state index contributed by atoms with van der Waals surface area (Å²) in [5, 5.41) is 0.794. The minimum Gasteiger partial charge on any atom is -0.462 e. The fourth-order valence-corrected chi connectivity index (χ4v) is 4.54. The Morgan fingerprint density at radius 2 is 1.86 bits per heavy atom. The molecular formula is C22H20N2O4S. The summed E-state index contributed by atoms with van der Waals surface area (Å²) in [7, 11) is 0. The van der Waals surface area contributed by atoms with Gasteiger partial charge in [0.25, 0.3) is 0 Å². The van der Waals surface area contributed by atoms with Gasteiger partial charge in [0.15, 0.2) is 0 Å². The van der Waals surface area contributed by atoms with Crippen LogP contribution in [0.15, 0.2) is 60.9 Å². The normalized spacial score (nSPS) is 12.7. The van der Waals surface area contributed by atoms with Gasteiger partial charge in [-0.1, -0.05) is 24.3 Å². The number of benzene rings is 1. The van der Waals surface area contributed by atoms with Gasteiger partial charge in [0.1, 0.15) is 5.00 Å². The zero-order valence-corrected chi connectivity index (χ0v) is 16.7. The van der Waals surface area contributed by atoms with Crippen LogP contribution in [0.25, 0.3) is 10.7 Å². The van der Waals surface area contributed by atoms with Crippen LogP contribution in [0, 0.1) is 0 Å². The van der Waals surface area contributed by atoms with E-state index in [0.29, 0.717) is 23.4 Å². The van der Waals surface area contributed by atoms with Crippen LogP contribution in [0.1, 0.15) is 44.5 Å². The van der Waals surface area contributed by atoms with Crippen molar-refractivity contribution in [2.75, 3.05) is 6.61 Å². The zero-order chi connectivity index (χ0) is 20.2. The monoisotopic (exact) mass is 408 g/mol. The van der Waals surface area contributed by atoms with Gasteiger partial charge in [-0.15, -0.1) is 11.3 Å². The summed E-state index contributed by atoms with van der Waals surface area (Å²) in [6, 6.07) is 12.6. The Morgan fingerprint density at radius 1 is 1.10 bits per heavy atom. The Hall–Kier alpha value is -3.32. The highest BCUT2D eigenvalue weighted by Gasteiger charge is 2.29. The number of hydrogen-bond donors (Lipinski definition) is 1. The average molecular weight is 408 g/mol. The maximum Gasteiger partial charge on any atom is 0.362 e. The number of aromatic nitrogens is 1. The van der Waals surface area contributed by atoms with Crippen molar-refractivity contribution in [3.63, 3.8) is 0 Å². The lowest BCUT2D eigenvalue weighted by Gasteiger charge is -2.16. The van der Waals surface area contributed by atoms with Crippen molar-refractivity contribution in [2.24, 2.45) is 0 Å². The van der Waals surface area contributed by atoms with Gasteiger partial charge in [-0.05, 0) is 49.6 Å². The molecule has 0 unspecified atom stereocenters. The topological polar surface area (TPSA) is 69.6 Å². The second kappa shape index (κ2) is 8.36. The second-order valence-corrected chi connectivity index (χ2v) is 7.41. The summed E-state index contributed by atoms with van der Waals surface area (Å²) in [6.45, 7) is 2.10. The number of ether oxygens (including phenoxy) is 1. The number of nitrogens with one attached hydrogen (secondary N) is 1. The lowest BCUT2D eigenvalue weighted by atomic mass is 9.98. The maximum atomic E-state index is 12.7. The number of rotatable bonds is 6. The van der Waals surface area contributed by atoms with E-state index in [9.17, 15) is 9.59 Å². The molecule has 7 heteroatoms. The Kier molecular flexibility index (Phi) is 5.48. The van der Waals surface area contributed by atoms with Crippen LogP contribution in [-0.4, -0.2) is 23.1 Å². The number of fused-ring (bicyclic) bond motifs is 1. The van der Waals surface area contributed by atoms with Gasteiger partial charge in [0, 0.05) is 12.4 Å². The molecule has 1 aromatic carbocycles. The predicted octanol–water partition coefficient (Wildman–Crippen LogP) is 4.36. The highest BCUT2D eigenvalue weighted by atomic mass is 32.1. The number of carbonyl (C=O) groups is 2. The predicted molar refractivity (Wildman–Crippen MR) is 111 cm³/mol. The highest BCUT2D eigenvalue weighted by Crippen LogP contribution is 2.39. The molecule has 0 atom stereocenters. The third-order valence-corrected chi connectivity index (χ3v) is 5.84. The first kappa shape index (κ1) is 19.0. The van der Waals surface area contributed by atoms with E-state index in [1.165, 1.54) is 11.3 Å². The molecule has 0 fully saturated rings. The summed E-state index contributed by atoms with van der Waals surface area (Å²) in [5.74, 6) is -0.803. The van der Waals surface area contributed by atoms with Crippen molar-refractivity contribution in [3.8, 4) is 5.00 Å². The zero-order valence-electron chi connectivity index (χ0n) is 15.9. The van der Waals surface area contributed by atoms with E-state index >= 15 is 0 Å². The van der Waals surface area contributed by atoms with Gasteiger partial charge in [0.05, 0.1) is 28.3 Å². The molecule has 1 aliphatic rings. The third kappa shape index (κ3) is 3.82. The Morgan fingerprint density at radius 3 is 2.59 bits per heavy atom. The third-order valence-electron chi connectivity index (χ3n) is 4.56. The van der Waals surface area contributed by atoms with Crippen LogP contribution in [0.2, 0.25) is 0 Å². The first-order valence-corrected chi connectivity index (χ1v) is 10.2. The summed E-state index contributed by atoms with van der Waals surface area (Å²) in [6.07, 6.45) is 7.22. The minimum absolute atomic E-state index is 0.310. The molecule has 0 bridgehead atoms. The summed E-state index contributed by atoms with van der Waals surface area (Å²) in [5.41, 5.74) is 5.43. The van der Waals surface area contributed by atoms with Crippen molar-refractivity contribution >= 4 is 29.0 Å². The van der Waals surface area contributed by atoms with Crippen LogP contribution in [0.4, 0.5) is 0 Å². The molecule has 1 aliphatic carbocycles. The molecule has 1 N–H and O–H groups in total. The van der Waals surface area contributed by atoms with Gasteiger partial charge >= 0.3 is 11.9 Å². The molecule has 0 spiro atoms. The van der Waals surface area contributed by atoms with E-state index in [0.717, 1.165) is 28.3 Å². The summed E-state index contributed by atoms with van der Waals surface area (Å²) < 4.78 is 7.22. The number of thiophene rings is 1. The van der Waals surface area contributed by atoms with E-state index in [4.69, 9.17) is 9.57 Å². The van der Waals surface area contributed by atoms with Gasteiger partial charge < -0.3 is 14.1 Å². The van der Waals surface area contributed by atoms with Crippen LogP contribution in [0.5, 0.6) is 0 Å². The SMILES string of the molecule is CCOC(=O)c1c(-n2cccc2)sc2c1CCC=C2NOC(=O)c1ccccc1. The molecule has 0 radical (unpaired) electrons. The molecule has 0 amide bonds. The number of esters is 1. The molecule has 2 aromatic heterocycles. The molecule has 6 nitrogen and oxygen atoms in total. The van der Waals surface area contributed by atoms with E-state index in [2.05, 4.69) is 5.48 Å². The van der Waals surface area contributed by atoms with E-state index in [1.54, 1.807) is 31.2 Å². The quantitative estimate of drug-likeness (QED) is 0.485. The van der Waals surface area contributed by atoms with Crippen LogP contribution >= 0.6 is 11.3 Å². The van der Waals surface area contributed by atoms with Gasteiger partial charge in [-0.2, -0.15) is 0 Å². The average Bonchev–Trinajstić information content (AvgIpc) is 3.40. The minimum atomic E-state index is -0.466. The van der Waals surface area contributed by atoms with E-state index in [1.807, 2.05) is 41.2 Å². The first-order chi connectivity index (χ1) is 14.2. The second-order valence-electron chi connectivity index (χ2n) is 6.41. The molecule has 0 aliphatic heterocycles. The van der Waals surface area contributed by atoms with Crippen molar-refractivity contribution in [3.05, 3.63) is 82.5 Å². The van der Waals surface area contributed by atoms with Crippen molar-refractivity contribution < 1.29 is 19.2 Å². The number of nitrogens with zero attached hydrogens (tertiary/aromatic N) is 1. The van der Waals surface area contributed by atoms with Crippen LogP contribution < -0.4 is 5.48 Å². The molecule has 3 aromatic rings. The number of hydroxylamine groups is 1. The Bertz CT molecular complexity index is 1050. The maximum absolute atomic E-state index is 12.7. The van der Waals surface area contributed by atoms with Crippen LogP contribution in [-0.2, 0) is 16.0 Å². The Balaban J connectivity index is 1.64. The molecule has 0 saturated carbocycles. The summed E-state index contributed by atoms with van der Waals surface area (Å²) in [4.78, 5) is 31.1. The van der Waals surface area contributed by atoms with Crippen LogP contribution in [0.3, 0.4) is 0 Å². The Labute approximate surface area is 172 Å². The highest BCUT2D eigenvalue weighted by molar-refractivity contribution is 7.16. The smallest absolute Gasteiger partial charge is 0.362 e. The van der Waals surface area contributed by atoms with E-state index in [-0.39, 0.29) is 5.97 Å². The van der Waals surface area contributed by atoms with Crippen molar-refractivity contribution in [2.45, 2.75) is 19.8 Å². The molecular weight excluding hydrogens is 388 g/mol. The first-order valence-electron chi connectivity index (χ1n) is 9.38. The number of allylic oxidation sites excluding steroid dienone is 1. The van der Waals surface area contributed by atoms with Crippen molar-refractivity contribution in [1.82, 2.24) is 10.0 Å². The molecule has 148 valence electrons. The fourth-order valence-electron chi connectivity index (χ4n) is 3.25. The standard InChI is InChI=1S/C22H20N2O4S/c1-2-27-22(26)18-16-11-8-12-17(19(16)29-20(18)24-13-6-7-14-24)23-28-21(25)15-9-4-3-5-10-15/h3-7,9-10,12-14,23H,2,8,11H2,1H3. The molecule has 4 rings (SSSR count). The number of hydrogen-bond acceptors (Lipinski definition) is 6. The number of carbonyl (C=O) groups excluding carboxylic acids is 2. The van der Waals surface area contributed by atoms with Gasteiger partial charge in [-0.25, -0.2) is 15.1 Å². The lowest BCUT2D eigenvalue weighted by Crippen LogP contribution is -2.20. The van der Waals surface area contributed by atoms with E-state index < -0.39 is 5.97 Å². The van der Waals surface area contributed by atoms with Gasteiger partial charge in [0.2, 0.25) is 0 Å².